The predicted octanol–water partition coefficient (Wildman–Crippen LogP) is 1.46. The van der Waals surface area contributed by atoms with Crippen LogP contribution < -0.4 is 10.6 Å². The van der Waals surface area contributed by atoms with E-state index in [-0.39, 0.29) is 18.4 Å². The van der Waals surface area contributed by atoms with Crippen LogP contribution in [0, 0.1) is 5.41 Å². The van der Waals surface area contributed by atoms with E-state index in [0.29, 0.717) is 25.1 Å². The third-order valence-corrected chi connectivity index (χ3v) is 2.97. The summed E-state index contributed by atoms with van der Waals surface area (Å²) in [6.07, 6.45) is 0.544. The largest absolute Gasteiger partial charge is 0.396 e. The molecule has 0 aliphatic heterocycles. The van der Waals surface area contributed by atoms with Gasteiger partial charge in [0.1, 0.15) is 0 Å². The van der Waals surface area contributed by atoms with Crippen LogP contribution >= 0.6 is 0 Å². The number of hydrogen-bond donors (Lipinski definition) is 3. The maximum atomic E-state index is 11.8. The van der Waals surface area contributed by atoms with Crippen molar-refractivity contribution < 1.29 is 14.7 Å². The van der Waals surface area contributed by atoms with Gasteiger partial charge in [0.05, 0.1) is 0 Å². The van der Waals surface area contributed by atoms with Crippen molar-refractivity contribution in [2.75, 3.05) is 13.2 Å². The molecule has 0 unspecified atom stereocenters. The Morgan fingerprint density at radius 2 is 1.71 bits per heavy atom. The van der Waals surface area contributed by atoms with Crippen LogP contribution in [0.2, 0.25) is 0 Å². The van der Waals surface area contributed by atoms with Crippen LogP contribution in [0.15, 0.2) is 24.3 Å². The Hall–Kier alpha value is -1.88. The maximum Gasteiger partial charge on any atom is 0.251 e. The molecule has 0 heterocycles. The second kappa shape index (κ2) is 7.78. The lowest BCUT2D eigenvalue weighted by molar-refractivity contribution is -0.128. The van der Waals surface area contributed by atoms with Gasteiger partial charge in [0.25, 0.3) is 5.91 Å². The number of aliphatic hydroxyl groups excluding tert-OH is 1. The molecular formula is C16H24N2O3. The molecule has 0 saturated heterocycles. The summed E-state index contributed by atoms with van der Waals surface area (Å²) in [5, 5.41) is 14.2. The first-order valence-electron chi connectivity index (χ1n) is 7.11. The Balaban J connectivity index is 2.50. The monoisotopic (exact) mass is 292 g/mol. The lowest BCUT2D eigenvalue weighted by Crippen LogP contribution is -2.34. The lowest BCUT2D eigenvalue weighted by Gasteiger charge is -2.17. The van der Waals surface area contributed by atoms with Crippen LogP contribution in [0.1, 0.15) is 43.1 Å². The molecule has 116 valence electrons. The van der Waals surface area contributed by atoms with Gasteiger partial charge in [-0.3, -0.25) is 9.59 Å². The smallest absolute Gasteiger partial charge is 0.251 e. The van der Waals surface area contributed by atoms with E-state index in [0.717, 1.165) is 5.56 Å². The predicted molar refractivity (Wildman–Crippen MR) is 81.8 cm³/mol. The van der Waals surface area contributed by atoms with Crippen LogP contribution in [0.25, 0.3) is 0 Å². The molecule has 0 spiro atoms. The van der Waals surface area contributed by atoms with Gasteiger partial charge in [-0.05, 0) is 24.1 Å². The fourth-order valence-electron chi connectivity index (χ4n) is 1.60. The first-order valence-corrected chi connectivity index (χ1v) is 7.11. The van der Waals surface area contributed by atoms with Gasteiger partial charge in [-0.1, -0.05) is 32.9 Å². The molecule has 1 aromatic rings. The average Bonchev–Trinajstić information content (AvgIpc) is 2.44. The van der Waals surface area contributed by atoms with Crippen LogP contribution in [-0.4, -0.2) is 30.1 Å². The zero-order valence-electron chi connectivity index (χ0n) is 12.9. The minimum atomic E-state index is -0.410. The zero-order chi connectivity index (χ0) is 15.9. The first-order chi connectivity index (χ1) is 9.84. The van der Waals surface area contributed by atoms with Crippen LogP contribution in [0.3, 0.4) is 0 Å². The molecule has 3 N–H and O–H groups in total. The van der Waals surface area contributed by atoms with Crippen LogP contribution in [0.4, 0.5) is 0 Å². The highest BCUT2D eigenvalue weighted by Crippen LogP contribution is 2.13. The standard InChI is InChI=1S/C16H24N2O3/c1-16(2,3)15(21)18-11-12-5-7-13(8-6-12)14(20)17-9-4-10-19/h5-8,19H,4,9-11H2,1-3H3,(H,17,20)(H,18,21). The maximum absolute atomic E-state index is 11.8. The summed E-state index contributed by atoms with van der Waals surface area (Å²) in [6.45, 7) is 6.56. The van der Waals surface area contributed by atoms with Crippen molar-refractivity contribution in [2.24, 2.45) is 5.41 Å². The van der Waals surface area contributed by atoms with Crippen molar-refractivity contribution in [3.05, 3.63) is 35.4 Å². The van der Waals surface area contributed by atoms with Crippen molar-refractivity contribution in [1.29, 1.82) is 0 Å². The number of benzene rings is 1. The molecule has 1 aromatic carbocycles. The Morgan fingerprint density at radius 1 is 1.10 bits per heavy atom. The van der Waals surface area contributed by atoms with Crippen LogP contribution in [-0.2, 0) is 11.3 Å². The van der Waals surface area contributed by atoms with Gasteiger partial charge in [-0.25, -0.2) is 0 Å². The van der Waals surface area contributed by atoms with Gasteiger partial charge in [-0.15, -0.1) is 0 Å². The highest BCUT2D eigenvalue weighted by molar-refractivity contribution is 5.94. The fraction of sp³-hybridized carbons (Fsp3) is 0.500. The van der Waals surface area contributed by atoms with Crippen LogP contribution in [0.5, 0.6) is 0 Å². The third kappa shape index (κ3) is 5.95. The number of rotatable bonds is 6. The molecule has 21 heavy (non-hydrogen) atoms. The normalized spacial score (nSPS) is 11.0. The van der Waals surface area contributed by atoms with E-state index in [9.17, 15) is 9.59 Å². The highest BCUT2D eigenvalue weighted by atomic mass is 16.3. The van der Waals surface area contributed by atoms with Crippen molar-refractivity contribution in [2.45, 2.75) is 33.7 Å². The van der Waals surface area contributed by atoms with Crippen molar-refractivity contribution in [3.8, 4) is 0 Å². The van der Waals surface area contributed by atoms with E-state index < -0.39 is 5.41 Å². The number of amides is 2. The Labute approximate surface area is 125 Å². The number of carbonyl (C=O) groups excluding carboxylic acids is 2. The summed E-state index contributed by atoms with van der Waals surface area (Å²) in [6, 6.07) is 7.10. The van der Waals surface area contributed by atoms with Crippen molar-refractivity contribution in [1.82, 2.24) is 10.6 Å². The van der Waals surface area contributed by atoms with Gasteiger partial charge in [0.2, 0.25) is 5.91 Å². The zero-order valence-corrected chi connectivity index (χ0v) is 12.9. The quantitative estimate of drug-likeness (QED) is 0.695. The topological polar surface area (TPSA) is 78.4 Å². The number of carbonyl (C=O) groups is 2. The van der Waals surface area contributed by atoms with E-state index in [2.05, 4.69) is 10.6 Å². The number of aliphatic hydroxyl groups is 1. The molecule has 0 atom stereocenters. The van der Waals surface area contributed by atoms with Gasteiger partial charge in [0.15, 0.2) is 0 Å². The Kier molecular flexibility index (Phi) is 6.37. The second-order valence-electron chi connectivity index (χ2n) is 5.96. The molecule has 0 bridgehead atoms. The molecule has 5 heteroatoms. The molecular weight excluding hydrogens is 268 g/mol. The Bertz CT molecular complexity index is 475. The third-order valence-electron chi connectivity index (χ3n) is 2.97. The molecule has 5 nitrogen and oxygen atoms in total. The van der Waals surface area contributed by atoms with E-state index in [1.165, 1.54) is 0 Å². The molecule has 0 aliphatic rings. The van der Waals surface area contributed by atoms with Crippen molar-refractivity contribution >= 4 is 11.8 Å². The molecule has 0 aliphatic carbocycles. The van der Waals surface area contributed by atoms with Gasteiger partial charge in [0, 0.05) is 30.7 Å². The Morgan fingerprint density at radius 3 is 2.24 bits per heavy atom. The minimum Gasteiger partial charge on any atom is -0.396 e. The molecule has 0 aromatic heterocycles. The SMILES string of the molecule is CC(C)(C)C(=O)NCc1ccc(C(=O)NCCCO)cc1. The fourth-order valence-corrected chi connectivity index (χ4v) is 1.60. The number of hydrogen-bond acceptors (Lipinski definition) is 3. The second-order valence-corrected chi connectivity index (χ2v) is 5.96. The van der Waals surface area contributed by atoms with Gasteiger partial charge >= 0.3 is 0 Å². The first kappa shape index (κ1) is 17.2. The molecule has 1 rings (SSSR count). The molecule has 0 saturated carbocycles. The summed E-state index contributed by atoms with van der Waals surface area (Å²) in [5.41, 5.74) is 1.10. The van der Waals surface area contributed by atoms with E-state index in [1.54, 1.807) is 12.1 Å². The van der Waals surface area contributed by atoms with Crippen molar-refractivity contribution in [3.63, 3.8) is 0 Å². The van der Waals surface area contributed by atoms with E-state index in [1.807, 2.05) is 32.9 Å². The molecule has 0 radical (unpaired) electrons. The highest BCUT2D eigenvalue weighted by Gasteiger charge is 2.20. The number of nitrogens with one attached hydrogen (secondary N) is 2. The summed E-state index contributed by atoms with van der Waals surface area (Å²) in [7, 11) is 0. The summed E-state index contributed by atoms with van der Waals surface area (Å²) < 4.78 is 0. The van der Waals surface area contributed by atoms with Gasteiger partial charge in [-0.2, -0.15) is 0 Å². The summed E-state index contributed by atoms with van der Waals surface area (Å²) in [5.74, 6) is -0.165. The summed E-state index contributed by atoms with van der Waals surface area (Å²) in [4.78, 5) is 23.5. The average molecular weight is 292 g/mol. The summed E-state index contributed by atoms with van der Waals surface area (Å²) >= 11 is 0. The van der Waals surface area contributed by atoms with E-state index >= 15 is 0 Å². The van der Waals surface area contributed by atoms with E-state index in [4.69, 9.17) is 5.11 Å². The molecule has 0 fully saturated rings. The molecule has 2 amide bonds. The van der Waals surface area contributed by atoms with Gasteiger partial charge < -0.3 is 15.7 Å². The lowest BCUT2D eigenvalue weighted by atomic mass is 9.95. The minimum absolute atomic E-state index is 0.00618.